The number of benzene rings is 1. The molecule has 3 N–H and O–H groups in total. The van der Waals surface area contributed by atoms with E-state index in [-0.39, 0.29) is 5.84 Å². The smallest absolute Gasteiger partial charge is 0.219 e. The first-order chi connectivity index (χ1) is 7.75. The second-order valence-electron chi connectivity index (χ2n) is 3.19. The molecule has 4 heteroatoms. The van der Waals surface area contributed by atoms with Gasteiger partial charge in [-0.15, -0.1) is 0 Å². The van der Waals surface area contributed by atoms with Crippen molar-refractivity contribution in [3.63, 3.8) is 0 Å². The molecular formula is C12H11N3O. The normalized spacial score (nSPS) is 9.75. The molecule has 2 rings (SSSR count). The van der Waals surface area contributed by atoms with E-state index in [1.807, 2.05) is 30.3 Å². The Morgan fingerprint density at radius 2 is 1.81 bits per heavy atom. The number of nitrogens with one attached hydrogen (secondary N) is 1. The van der Waals surface area contributed by atoms with E-state index in [2.05, 4.69) is 4.98 Å². The van der Waals surface area contributed by atoms with Gasteiger partial charge in [0.2, 0.25) is 5.88 Å². The molecule has 0 aliphatic rings. The van der Waals surface area contributed by atoms with Crippen molar-refractivity contribution in [2.75, 3.05) is 0 Å². The van der Waals surface area contributed by atoms with Gasteiger partial charge >= 0.3 is 0 Å². The Hall–Kier alpha value is -2.36. The monoisotopic (exact) mass is 213 g/mol. The van der Waals surface area contributed by atoms with E-state index in [0.717, 1.165) is 0 Å². The summed E-state index contributed by atoms with van der Waals surface area (Å²) in [6.07, 6.45) is 0. The Labute approximate surface area is 93.2 Å². The Balaban J connectivity index is 2.22. The summed E-state index contributed by atoms with van der Waals surface area (Å²) >= 11 is 0. The van der Waals surface area contributed by atoms with Gasteiger partial charge in [-0.1, -0.05) is 24.3 Å². The van der Waals surface area contributed by atoms with Gasteiger partial charge in [0, 0.05) is 6.07 Å². The van der Waals surface area contributed by atoms with Crippen LogP contribution >= 0.6 is 0 Å². The molecule has 1 aromatic heterocycles. The fourth-order valence-corrected chi connectivity index (χ4v) is 1.23. The van der Waals surface area contributed by atoms with E-state index < -0.39 is 0 Å². The van der Waals surface area contributed by atoms with E-state index in [1.165, 1.54) is 0 Å². The van der Waals surface area contributed by atoms with E-state index >= 15 is 0 Å². The highest BCUT2D eigenvalue weighted by Crippen LogP contribution is 2.18. The van der Waals surface area contributed by atoms with Gasteiger partial charge < -0.3 is 10.5 Å². The van der Waals surface area contributed by atoms with E-state index in [1.54, 1.807) is 18.2 Å². The number of para-hydroxylation sites is 1. The van der Waals surface area contributed by atoms with Crippen LogP contribution in [0.4, 0.5) is 0 Å². The van der Waals surface area contributed by atoms with Crippen LogP contribution in [0.25, 0.3) is 0 Å². The third-order valence-electron chi connectivity index (χ3n) is 1.97. The lowest BCUT2D eigenvalue weighted by Crippen LogP contribution is -2.12. The number of hydrogen-bond donors (Lipinski definition) is 2. The number of nitrogen functional groups attached to an aromatic ring is 1. The minimum Gasteiger partial charge on any atom is -0.439 e. The van der Waals surface area contributed by atoms with Crippen molar-refractivity contribution in [3.8, 4) is 11.6 Å². The minimum absolute atomic E-state index is 0.0708. The van der Waals surface area contributed by atoms with E-state index in [9.17, 15) is 0 Å². The quantitative estimate of drug-likeness (QED) is 0.606. The summed E-state index contributed by atoms with van der Waals surface area (Å²) < 4.78 is 5.51. The number of ether oxygens (including phenoxy) is 1. The van der Waals surface area contributed by atoms with Crippen LogP contribution in [0, 0.1) is 5.41 Å². The first kappa shape index (κ1) is 10.2. The average Bonchev–Trinajstić information content (AvgIpc) is 2.30. The average molecular weight is 213 g/mol. The molecule has 1 aromatic carbocycles. The van der Waals surface area contributed by atoms with Crippen LogP contribution in [0.2, 0.25) is 0 Å². The highest BCUT2D eigenvalue weighted by Gasteiger charge is 2.01. The SMILES string of the molecule is N=C(N)c1cccc(Oc2ccccc2)n1. The second-order valence-corrected chi connectivity index (χ2v) is 3.19. The molecule has 16 heavy (non-hydrogen) atoms. The second kappa shape index (κ2) is 4.44. The molecule has 0 fully saturated rings. The third-order valence-corrected chi connectivity index (χ3v) is 1.97. The maximum Gasteiger partial charge on any atom is 0.219 e. The lowest BCUT2D eigenvalue weighted by molar-refractivity contribution is 0.462. The lowest BCUT2D eigenvalue weighted by atomic mass is 10.3. The molecule has 80 valence electrons. The third kappa shape index (κ3) is 2.36. The van der Waals surface area contributed by atoms with Crippen LogP contribution in [-0.4, -0.2) is 10.8 Å². The summed E-state index contributed by atoms with van der Waals surface area (Å²) in [5, 5.41) is 7.27. The van der Waals surface area contributed by atoms with Crippen LogP contribution in [0.3, 0.4) is 0 Å². The fourth-order valence-electron chi connectivity index (χ4n) is 1.23. The van der Waals surface area contributed by atoms with Crippen molar-refractivity contribution in [2.24, 2.45) is 5.73 Å². The van der Waals surface area contributed by atoms with Crippen LogP contribution < -0.4 is 10.5 Å². The Morgan fingerprint density at radius 3 is 2.50 bits per heavy atom. The molecule has 4 nitrogen and oxygen atoms in total. The number of hydrogen-bond acceptors (Lipinski definition) is 3. The van der Waals surface area contributed by atoms with Gasteiger partial charge in [-0.3, -0.25) is 5.41 Å². The fraction of sp³-hybridized carbons (Fsp3) is 0. The van der Waals surface area contributed by atoms with Crippen molar-refractivity contribution in [1.29, 1.82) is 5.41 Å². The van der Waals surface area contributed by atoms with E-state index in [0.29, 0.717) is 17.3 Å². The molecule has 0 spiro atoms. The molecular weight excluding hydrogens is 202 g/mol. The number of nitrogens with two attached hydrogens (primary N) is 1. The van der Waals surface area contributed by atoms with E-state index in [4.69, 9.17) is 15.9 Å². The predicted molar refractivity (Wildman–Crippen MR) is 61.8 cm³/mol. The molecule has 0 bridgehead atoms. The summed E-state index contributed by atoms with van der Waals surface area (Å²) in [6, 6.07) is 14.5. The summed E-state index contributed by atoms with van der Waals surface area (Å²) in [5.41, 5.74) is 5.75. The van der Waals surface area contributed by atoms with Crippen LogP contribution in [0.15, 0.2) is 48.5 Å². The van der Waals surface area contributed by atoms with Crippen molar-refractivity contribution < 1.29 is 4.74 Å². The van der Waals surface area contributed by atoms with Gasteiger partial charge in [-0.2, -0.15) is 0 Å². The van der Waals surface area contributed by atoms with Crippen LogP contribution in [-0.2, 0) is 0 Å². The van der Waals surface area contributed by atoms with Gasteiger partial charge in [-0.05, 0) is 18.2 Å². The zero-order valence-electron chi connectivity index (χ0n) is 8.55. The summed E-state index contributed by atoms with van der Waals surface area (Å²) in [4.78, 5) is 4.10. The highest BCUT2D eigenvalue weighted by atomic mass is 16.5. The molecule has 0 saturated heterocycles. The van der Waals surface area contributed by atoms with Crippen molar-refractivity contribution in [1.82, 2.24) is 4.98 Å². The number of rotatable bonds is 3. The molecule has 0 aliphatic carbocycles. The lowest BCUT2D eigenvalue weighted by Gasteiger charge is -2.05. The summed E-state index contributed by atoms with van der Waals surface area (Å²) in [6.45, 7) is 0. The summed E-state index contributed by atoms with van der Waals surface area (Å²) in [7, 11) is 0. The summed E-state index contributed by atoms with van der Waals surface area (Å²) in [5.74, 6) is 1.06. The Bertz CT molecular complexity index is 497. The standard InChI is InChI=1S/C12H11N3O/c13-12(14)10-7-4-8-11(15-10)16-9-5-2-1-3-6-9/h1-8H,(H3,13,14). The maximum absolute atomic E-state index is 7.27. The number of amidine groups is 1. The predicted octanol–water partition coefficient (Wildman–Crippen LogP) is 2.16. The largest absolute Gasteiger partial charge is 0.439 e. The molecule has 0 unspecified atom stereocenters. The Kier molecular flexibility index (Phi) is 2.82. The van der Waals surface area contributed by atoms with Gasteiger partial charge in [-0.25, -0.2) is 4.98 Å². The number of nitrogens with zero attached hydrogens (tertiary/aromatic N) is 1. The molecule has 0 amide bonds. The van der Waals surface area contributed by atoms with Gasteiger partial charge in [0.05, 0.1) is 0 Å². The van der Waals surface area contributed by atoms with Crippen molar-refractivity contribution in [2.45, 2.75) is 0 Å². The molecule has 1 heterocycles. The molecule has 0 atom stereocenters. The van der Waals surface area contributed by atoms with Crippen molar-refractivity contribution >= 4 is 5.84 Å². The maximum atomic E-state index is 7.27. The molecule has 0 saturated carbocycles. The molecule has 2 aromatic rings. The zero-order valence-corrected chi connectivity index (χ0v) is 8.55. The molecule has 0 aliphatic heterocycles. The molecule has 0 radical (unpaired) electrons. The Morgan fingerprint density at radius 1 is 1.06 bits per heavy atom. The van der Waals surface area contributed by atoms with Gasteiger partial charge in [0.1, 0.15) is 17.3 Å². The van der Waals surface area contributed by atoms with Crippen LogP contribution in [0.5, 0.6) is 11.6 Å². The number of aromatic nitrogens is 1. The minimum atomic E-state index is -0.0708. The highest BCUT2D eigenvalue weighted by molar-refractivity contribution is 5.93. The zero-order chi connectivity index (χ0) is 11.4. The first-order valence-corrected chi connectivity index (χ1v) is 4.80. The topological polar surface area (TPSA) is 72.0 Å². The number of pyridine rings is 1. The van der Waals surface area contributed by atoms with Gasteiger partial charge in [0.25, 0.3) is 0 Å². The van der Waals surface area contributed by atoms with Crippen LogP contribution in [0.1, 0.15) is 5.69 Å². The first-order valence-electron chi connectivity index (χ1n) is 4.80. The van der Waals surface area contributed by atoms with Gasteiger partial charge in [0.15, 0.2) is 0 Å². The van der Waals surface area contributed by atoms with Crippen molar-refractivity contribution in [3.05, 3.63) is 54.2 Å².